The average Bonchev–Trinajstić information content (AvgIpc) is 2.74. The van der Waals surface area contributed by atoms with Crippen LogP contribution in [0, 0.1) is 0 Å². The van der Waals surface area contributed by atoms with E-state index in [9.17, 15) is 15.0 Å². The normalized spacial score (nSPS) is 13.4. The van der Waals surface area contributed by atoms with Gasteiger partial charge in [-0.25, -0.2) is 0 Å². The number of aliphatic hydroxyl groups is 2. The fourth-order valence-corrected chi connectivity index (χ4v) is 4.26. The van der Waals surface area contributed by atoms with Gasteiger partial charge in [-0.2, -0.15) is 0 Å². The number of hydrogen-bond donors (Lipinski definition) is 3. The van der Waals surface area contributed by atoms with Gasteiger partial charge in [-0.1, -0.05) is 116 Å². The summed E-state index contributed by atoms with van der Waals surface area (Å²) in [4.78, 5) is 10.4. The van der Waals surface area contributed by atoms with Crippen molar-refractivity contribution in [3.05, 3.63) is 0 Å². The van der Waals surface area contributed by atoms with Gasteiger partial charge < -0.3 is 15.3 Å². The molecule has 0 amide bonds. The number of aliphatic hydroxyl groups excluding tert-OH is 2. The first-order valence-corrected chi connectivity index (χ1v) is 13.6. The van der Waals surface area contributed by atoms with E-state index in [1.54, 1.807) is 0 Å². The molecule has 0 radical (unpaired) electrons. The molecule has 0 heterocycles. The lowest BCUT2D eigenvalue weighted by Gasteiger charge is -2.14. The van der Waals surface area contributed by atoms with Gasteiger partial charge in [0.2, 0.25) is 0 Å². The zero-order valence-electron chi connectivity index (χ0n) is 20.7. The first-order valence-electron chi connectivity index (χ1n) is 13.6. The van der Waals surface area contributed by atoms with Crippen molar-refractivity contribution in [1.29, 1.82) is 0 Å². The van der Waals surface area contributed by atoms with E-state index in [2.05, 4.69) is 6.92 Å². The van der Waals surface area contributed by atoms with Crippen molar-refractivity contribution in [2.24, 2.45) is 0 Å². The molecule has 0 aromatic heterocycles. The summed E-state index contributed by atoms with van der Waals surface area (Å²) in [5.41, 5.74) is 0. The quantitative estimate of drug-likeness (QED) is 0.126. The Kier molecular flexibility index (Phi) is 23.6. The van der Waals surface area contributed by atoms with Crippen LogP contribution >= 0.6 is 0 Å². The van der Waals surface area contributed by atoms with Crippen LogP contribution in [0.25, 0.3) is 0 Å². The van der Waals surface area contributed by atoms with Gasteiger partial charge in [-0.3, -0.25) is 4.79 Å². The van der Waals surface area contributed by atoms with Crippen LogP contribution in [0.3, 0.4) is 0 Å². The van der Waals surface area contributed by atoms with E-state index in [1.807, 2.05) is 0 Å². The smallest absolute Gasteiger partial charge is 0.303 e. The monoisotopic (exact) mass is 442 g/mol. The summed E-state index contributed by atoms with van der Waals surface area (Å²) in [5.74, 6) is -0.685. The number of rotatable bonds is 25. The lowest BCUT2D eigenvalue weighted by molar-refractivity contribution is -0.137. The summed E-state index contributed by atoms with van der Waals surface area (Å²) in [6.45, 7) is 2.26. The van der Waals surface area contributed by atoms with Crippen LogP contribution in [0.15, 0.2) is 0 Å². The van der Waals surface area contributed by atoms with Gasteiger partial charge in [0.15, 0.2) is 0 Å². The minimum atomic E-state index is -0.685. The number of hydrogen-bond acceptors (Lipinski definition) is 3. The van der Waals surface area contributed by atoms with Crippen molar-refractivity contribution in [3.63, 3.8) is 0 Å². The van der Waals surface area contributed by atoms with Gasteiger partial charge in [-0.05, 0) is 32.1 Å². The van der Waals surface area contributed by atoms with Gasteiger partial charge in [0.25, 0.3) is 0 Å². The SMILES string of the molecule is CCCCCCCCCCCC(O)CCC(O)CCCCCCCCCCCC(=O)O. The van der Waals surface area contributed by atoms with Crippen LogP contribution in [0.4, 0.5) is 0 Å². The lowest BCUT2D eigenvalue weighted by atomic mass is 9.99. The van der Waals surface area contributed by atoms with E-state index in [0.717, 1.165) is 57.8 Å². The predicted molar refractivity (Wildman–Crippen MR) is 132 cm³/mol. The molecule has 2 unspecified atom stereocenters. The molecule has 0 saturated heterocycles. The molecular weight excluding hydrogens is 388 g/mol. The number of carboxylic acid groups (broad SMARTS) is 1. The van der Waals surface area contributed by atoms with E-state index < -0.39 is 5.97 Å². The fourth-order valence-electron chi connectivity index (χ4n) is 4.26. The van der Waals surface area contributed by atoms with Crippen molar-refractivity contribution >= 4 is 5.97 Å². The predicted octanol–water partition coefficient (Wildman–Crippen LogP) is 7.79. The Morgan fingerprint density at radius 2 is 0.839 bits per heavy atom. The van der Waals surface area contributed by atoms with E-state index in [4.69, 9.17) is 5.11 Å². The van der Waals surface area contributed by atoms with Crippen LogP contribution in [-0.4, -0.2) is 33.5 Å². The molecule has 0 aromatic carbocycles. The Hall–Kier alpha value is -0.610. The van der Waals surface area contributed by atoms with E-state index in [0.29, 0.717) is 6.42 Å². The summed E-state index contributed by atoms with van der Waals surface area (Å²) < 4.78 is 0. The summed E-state index contributed by atoms with van der Waals surface area (Å²) in [5, 5.41) is 28.9. The second kappa shape index (κ2) is 24.0. The highest BCUT2D eigenvalue weighted by atomic mass is 16.4. The number of carbonyl (C=O) groups is 1. The number of carboxylic acids is 1. The van der Waals surface area contributed by atoms with Crippen LogP contribution in [0.2, 0.25) is 0 Å². The highest BCUT2D eigenvalue weighted by molar-refractivity contribution is 5.66. The maximum atomic E-state index is 10.4. The third-order valence-electron chi connectivity index (χ3n) is 6.40. The third-order valence-corrected chi connectivity index (χ3v) is 6.40. The Balaban J connectivity index is 3.30. The molecule has 0 aliphatic rings. The fraction of sp³-hybridized carbons (Fsp3) is 0.963. The van der Waals surface area contributed by atoms with Gasteiger partial charge in [0, 0.05) is 6.42 Å². The standard InChI is InChI=1S/C27H54O4/c1-2-3-4-5-6-8-11-14-17-20-25(28)23-24-26(29)21-18-15-12-9-7-10-13-16-19-22-27(30)31/h25-26,28-29H,2-24H2,1H3,(H,30,31). The molecule has 0 spiro atoms. The van der Waals surface area contributed by atoms with Crippen molar-refractivity contribution in [2.75, 3.05) is 0 Å². The van der Waals surface area contributed by atoms with Crippen LogP contribution in [0.5, 0.6) is 0 Å². The van der Waals surface area contributed by atoms with Crippen molar-refractivity contribution < 1.29 is 20.1 Å². The van der Waals surface area contributed by atoms with E-state index >= 15 is 0 Å². The molecule has 4 nitrogen and oxygen atoms in total. The molecule has 186 valence electrons. The summed E-state index contributed by atoms with van der Waals surface area (Å²) in [6.07, 6.45) is 25.0. The lowest BCUT2D eigenvalue weighted by Crippen LogP contribution is -2.13. The van der Waals surface area contributed by atoms with Crippen LogP contribution < -0.4 is 0 Å². The Bertz CT molecular complexity index is 372. The summed E-state index contributed by atoms with van der Waals surface area (Å²) in [6, 6.07) is 0. The minimum absolute atomic E-state index is 0.241. The topological polar surface area (TPSA) is 77.8 Å². The molecule has 0 rings (SSSR count). The number of aliphatic carboxylic acids is 1. The minimum Gasteiger partial charge on any atom is -0.481 e. The van der Waals surface area contributed by atoms with Crippen molar-refractivity contribution in [2.45, 2.75) is 167 Å². The first kappa shape index (κ1) is 30.4. The van der Waals surface area contributed by atoms with E-state index in [1.165, 1.54) is 83.5 Å². The molecule has 4 heteroatoms. The Labute approximate surface area is 193 Å². The molecule has 3 N–H and O–H groups in total. The van der Waals surface area contributed by atoms with Crippen molar-refractivity contribution in [1.82, 2.24) is 0 Å². The van der Waals surface area contributed by atoms with Gasteiger partial charge in [-0.15, -0.1) is 0 Å². The maximum absolute atomic E-state index is 10.4. The van der Waals surface area contributed by atoms with Crippen LogP contribution in [-0.2, 0) is 4.79 Å². The molecule has 2 atom stereocenters. The zero-order chi connectivity index (χ0) is 23.0. The second-order valence-corrected chi connectivity index (χ2v) is 9.62. The third kappa shape index (κ3) is 25.5. The Morgan fingerprint density at radius 3 is 1.19 bits per heavy atom. The zero-order valence-corrected chi connectivity index (χ0v) is 20.7. The average molecular weight is 443 g/mol. The van der Waals surface area contributed by atoms with Gasteiger partial charge in [0.1, 0.15) is 0 Å². The molecule has 0 aromatic rings. The second-order valence-electron chi connectivity index (χ2n) is 9.62. The maximum Gasteiger partial charge on any atom is 0.303 e. The number of unbranched alkanes of at least 4 members (excludes halogenated alkanes) is 16. The molecule has 0 aliphatic heterocycles. The largest absolute Gasteiger partial charge is 0.481 e. The van der Waals surface area contributed by atoms with Crippen molar-refractivity contribution in [3.8, 4) is 0 Å². The molecule has 0 saturated carbocycles. The van der Waals surface area contributed by atoms with Gasteiger partial charge >= 0.3 is 5.97 Å². The molecular formula is C27H54O4. The molecule has 0 aliphatic carbocycles. The van der Waals surface area contributed by atoms with Gasteiger partial charge in [0.05, 0.1) is 12.2 Å². The molecule has 0 fully saturated rings. The summed E-state index contributed by atoms with van der Waals surface area (Å²) in [7, 11) is 0. The molecule has 31 heavy (non-hydrogen) atoms. The Morgan fingerprint density at radius 1 is 0.516 bits per heavy atom. The highest BCUT2D eigenvalue weighted by Gasteiger charge is 2.09. The summed E-state index contributed by atoms with van der Waals surface area (Å²) >= 11 is 0. The first-order chi connectivity index (χ1) is 15.1. The molecule has 0 bridgehead atoms. The highest BCUT2D eigenvalue weighted by Crippen LogP contribution is 2.16. The van der Waals surface area contributed by atoms with E-state index in [-0.39, 0.29) is 12.2 Å². The van der Waals surface area contributed by atoms with Crippen LogP contribution in [0.1, 0.15) is 155 Å².